The highest BCUT2D eigenvalue weighted by molar-refractivity contribution is 6.01. The predicted molar refractivity (Wildman–Crippen MR) is 252 cm³/mol. The van der Waals surface area contributed by atoms with Crippen molar-refractivity contribution in [2.45, 2.75) is 129 Å². The number of rotatable bonds is 12. The molecule has 5 aliphatic rings. The van der Waals surface area contributed by atoms with Crippen LogP contribution in [0, 0.1) is 23.7 Å². The van der Waals surface area contributed by atoms with Gasteiger partial charge in [-0.2, -0.15) is 0 Å². The SMILES string of the molecule is COC(=O)C[C@H](C(=O)N1[C@@H](C)CC[C@H]1C1=Nc2ccc(-c3ccc(-c4ccc(-c5cnc(C6C[C@H](C)CN6C(=O)[C@@H](NC(=O)OC)C(C)C)[nH]5)cc4)c4c3C3CCC4C3)cc2C1)C(C)C. The minimum atomic E-state index is -0.693. The van der Waals surface area contributed by atoms with Crippen molar-refractivity contribution in [1.82, 2.24) is 25.1 Å². The van der Waals surface area contributed by atoms with Crippen molar-refractivity contribution in [3.63, 3.8) is 0 Å². The number of imidazole rings is 1. The van der Waals surface area contributed by atoms with Crippen molar-refractivity contribution in [3.05, 3.63) is 83.3 Å². The zero-order chi connectivity index (χ0) is 45.8. The molecule has 2 bridgehead atoms. The Kier molecular flexibility index (Phi) is 12.2. The van der Waals surface area contributed by atoms with E-state index in [-0.39, 0.29) is 60.1 Å². The fourth-order valence-corrected chi connectivity index (χ4v) is 11.8. The highest BCUT2D eigenvalue weighted by atomic mass is 16.5. The van der Waals surface area contributed by atoms with E-state index in [0.717, 1.165) is 47.7 Å². The molecule has 0 spiro atoms. The van der Waals surface area contributed by atoms with Gasteiger partial charge in [0.25, 0.3) is 0 Å². The molecule has 2 aliphatic carbocycles. The van der Waals surface area contributed by atoms with E-state index in [0.29, 0.717) is 24.8 Å². The van der Waals surface area contributed by atoms with Crippen LogP contribution in [0.5, 0.6) is 0 Å². The van der Waals surface area contributed by atoms with Crippen LogP contribution < -0.4 is 5.32 Å². The molecule has 2 saturated heterocycles. The lowest BCUT2D eigenvalue weighted by Crippen LogP contribution is -2.51. The van der Waals surface area contributed by atoms with Gasteiger partial charge in [-0.25, -0.2) is 9.78 Å². The van der Waals surface area contributed by atoms with E-state index in [9.17, 15) is 19.2 Å². The number of aliphatic imine (C=N–C) groups is 1. The van der Waals surface area contributed by atoms with Crippen LogP contribution in [-0.2, 0) is 30.3 Å². The van der Waals surface area contributed by atoms with Gasteiger partial charge in [0.05, 0.1) is 56.2 Å². The summed E-state index contributed by atoms with van der Waals surface area (Å²) in [7, 11) is 2.69. The van der Waals surface area contributed by atoms with Crippen LogP contribution >= 0.6 is 0 Å². The lowest BCUT2D eigenvalue weighted by molar-refractivity contribution is -0.148. The molecule has 8 atom stereocenters. The number of likely N-dealkylation sites (tertiary alicyclic amines) is 2. The molecule has 9 rings (SSSR count). The second-order valence-corrected chi connectivity index (χ2v) is 20.1. The maximum absolute atomic E-state index is 14.1. The molecule has 3 amide bonds. The van der Waals surface area contributed by atoms with Gasteiger partial charge in [-0.15, -0.1) is 0 Å². The van der Waals surface area contributed by atoms with Crippen molar-refractivity contribution in [2.24, 2.45) is 28.7 Å². The van der Waals surface area contributed by atoms with Gasteiger partial charge in [0, 0.05) is 24.7 Å². The molecule has 1 aromatic heterocycles. The van der Waals surface area contributed by atoms with Gasteiger partial charge in [0.2, 0.25) is 11.8 Å². The third kappa shape index (κ3) is 8.26. The topological polar surface area (TPSA) is 146 Å². The summed E-state index contributed by atoms with van der Waals surface area (Å²) in [5, 5.41) is 2.74. The molecule has 3 fully saturated rings. The van der Waals surface area contributed by atoms with E-state index in [1.165, 1.54) is 72.4 Å². The molecule has 4 aromatic rings. The zero-order valence-electron chi connectivity index (χ0n) is 39.1. The lowest BCUT2D eigenvalue weighted by Gasteiger charge is -2.33. The van der Waals surface area contributed by atoms with Crippen LogP contribution in [0.1, 0.15) is 127 Å². The largest absolute Gasteiger partial charge is 0.469 e. The van der Waals surface area contributed by atoms with Gasteiger partial charge in [-0.05, 0) is 132 Å². The smallest absolute Gasteiger partial charge is 0.407 e. The second kappa shape index (κ2) is 17.9. The number of aromatic amines is 1. The molecular weight excluding hydrogens is 817 g/mol. The number of aromatic nitrogens is 2. The number of fused-ring (bicyclic) bond motifs is 6. The van der Waals surface area contributed by atoms with Gasteiger partial charge in [0.1, 0.15) is 11.9 Å². The Labute approximate surface area is 383 Å². The summed E-state index contributed by atoms with van der Waals surface area (Å²) >= 11 is 0. The number of carbonyl (C=O) groups is 4. The molecule has 4 heterocycles. The number of carbonyl (C=O) groups excluding carboxylic acids is 4. The number of amides is 3. The Morgan fingerprint density at radius 2 is 1.46 bits per heavy atom. The third-order valence-corrected chi connectivity index (χ3v) is 15.2. The fourth-order valence-electron chi connectivity index (χ4n) is 11.8. The van der Waals surface area contributed by atoms with E-state index in [1.807, 2.05) is 43.7 Å². The molecule has 65 heavy (non-hydrogen) atoms. The maximum atomic E-state index is 14.1. The van der Waals surface area contributed by atoms with Gasteiger partial charge in [-0.3, -0.25) is 19.4 Å². The molecule has 342 valence electrons. The molecular formula is C53H64N6O6. The molecule has 0 radical (unpaired) electrons. The summed E-state index contributed by atoms with van der Waals surface area (Å²) in [6.45, 7) is 12.7. The Hall–Kier alpha value is -5.78. The average Bonchev–Trinajstić information content (AvgIpc) is 4.17. The first-order valence-corrected chi connectivity index (χ1v) is 23.8. The maximum Gasteiger partial charge on any atom is 0.407 e. The zero-order valence-corrected chi connectivity index (χ0v) is 39.1. The van der Waals surface area contributed by atoms with Crippen LogP contribution in [0.15, 0.2) is 65.8 Å². The van der Waals surface area contributed by atoms with Crippen LogP contribution in [0.25, 0.3) is 33.5 Å². The molecule has 3 aliphatic heterocycles. The molecule has 12 nitrogen and oxygen atoms in total. The minimum Gasteiger partial charge on any atom is -0.469 e. The van der Waals surface area contributed by atoms with Gasteiger partial charge in [-0.1, -0.05) is 77.1 Å². The quantitative estimate of drug-likeness (QED) is 0.135. The Bertz CT molecular complexity index is 2530. The van der Waals surface area contributed by atoms with Crippen molar-refractivity contribution in [2.75, 3.05) is 20.8 Å². The van der Waals surface area contributed by atoms with E-state index in [4.69, 9.17) is 19.5 Å². The van der Waals surface area contributed by atoms with E-state index >= 15 is 0 Å². The van der Waals surface area contributed by atoms with Crippen LogP contribution in [-0.4, -0.2) is 88.2 Å². The standard InChI is InChI=1S/C53H64N6O6/c1-28(2)40(25-46(60)64-7)51(61)59-31(6)9-20-44(59)42-24-37-22-34(16-19-41(37)55-42)39-18-17-38(47-35-14-15-36(23-35)48(39)47)32-10-12-33(13-11-32)43-26-54-50(56-43)45-21-30(5)27-58(45)52(62)49(29(3)4)57-53(63)65-8/h10-13,16-19,22,26,28-31,35-36,40,44-45,49H,9,14-15,20-21,23-25,27H2,1-8H3,(H,54,56)(H,57,63)/t30-,31-,35?,36?,40-,44-,45?,49-/m0/s1. The first-order valence-electron chi connectivity index (χ1n) is 23.8. The number of hydrogen-bond acceptors (Lipinski definition) is 8. The highest BCUT2D eigenvalue weighted by Gasteiger charge is 2.44. The van der Waals surface area contributed by atoms with Gasteiger partial charge in [0.15, 0.2) is 0 Å². The first kappa shape index (κ1) is 44.4. The predicted octanol–water partition coefficient (Wildman–Crippen LogP) is 9.91. The monoisotopic (exact) mass is 880 g/mol. The Balaban J connectivity index is 0.933. The number of esters is 1. The number of nitrogens with zero attached hydrogens (tertiary/aromatic N) is 4. The van der Waals surface area contributed by atoms with E-state index in [1.54, 1.807) is 0 Å². The lowest BCUT2D eigenvalue weighted by atomic mass is 9.81. The Morgan fingerprint density at radius 1 is 0.785 bits per heavy atom. The number of methoxy groups -OCH3 is 2. The fraction of sp³-hybridized carbons (Fsp3) is 0.509. The second-order valence-electron chi connectivity index (χ2n) is 20.1. The summed E-state index contributed by atoms with van der Waals surface area (Å²) in [6.07, 6.45) is 8.24. The van der Waals surface area contributed by atoms with Crippen molar-refractivity contribution in [3.8, 4) is 33.5 Å². The van der Waals surface area contributed by atoms with Gasteiger partial charge >= 0.3 is 12.1 Å². The average molecular weight is 881 g/mol. The molecule has 3 unspecified atom stereocenters. The number of nitrogens with one attached hydrogen (secondary N) is 2. The highest BCUT2D eigenvalue weighted by Crippen LogP contribution is 2.58. The van der Waals surface area contributed by atoms with Gasteiger partial charge < -0.3 is 29.6 Å². The normalized spacial score (nSPS) is 24.0. The Morgan fingerprint density at radius 3 is 2.12 bits per heavy atom. The number of benzene rings is 3. The molecule has 1 saturated carbocycles. The summed E-state index contributed by atoms with van der Waals surface area (Å²) in [6, 6.07) is 19.2. The summed E-state index contributed by atoms with van der Waals surface area (Å²) in [4.78, 5) is 69.7. The number of alkyl carbamates (subject to hydrolysis) is 1. The third-order valence-electron chi connectivity index (χ3n) is 15.2. The number of ether oxygens (including phenoxy) is 2. The number of H-pyrrole nitrogens is 1. The molecule has 2 N–H and O–H groups in total. The minimum absolute atomic E-state index is 0.0151. The summed E-state index contributed by atoms with van der Waals surface area (Å²) < 4.78 is 9.79. The summed E-state index contributed by atoms with van der Waals surface area (Å²) in [5.41, 5.74) is 13.2. The summed E-state index contributed by atoms with van der Waals surface area (Å²) in [5.74, 6) is 1.16. The number of hydrogen-bond donors (Lipinski definition) is 2. The van der Waals surface area contributed by atoms with Crippen molar-refractivity contribution >= 4 is 35.3 Å². The molecule has 3 aromatic carbocycles. The first-order chi connectivity index (χ1) is 31.2. The van der Waals surface area contributed by atoms with Crippen molar-refractivity contribution < 1.29 is 28.7 Å². The van der Waals surface area contributed by atoms with E-state index in [2.05, 4.69) is 78.7 Å². The van der Waals surface area contributed by atoms with Crippen LogP contribution in [0.3, 0.4) is 0 Å². The van der Waals surface area contributed by atoms with Crippen molar-refractivity contribution in [1.29, 1.82) is 0 Å². The molecule has 12 heteroatoms. The van der Waals surface area contributed by atoms with Crippen LogP contribution in [0.2, 0.25) is 0 Å². The van der Waals surface area contributed by atoms with Crippen LogP contribution in [0.4, 0.5) is 10.5 Å². The van der Waals surface area contributed by atoms with E-state index < -0.39 is 18.1 Å².